The fourth-order valence-corrected chi connectivity index (χ4v) is 2.88. The van der Waals surface area contributed by atoms with Gasteiger partial charge in [0.25, 0.3) is 0 Å². The van der Waals surface area contributed by atoms with E-state index in [9.17, 15) is 9.18 Å². The highest BCUT2D eigenvalue weighted by molar-refractivity contribution is 6.31. The van der Waals surface area contributed by atoms with Gasteiger partial charge in [0.1, 0.15) is 17.7 Å². The van der Waals surface area contributed by atoms with Crippen molar-refractivity contribution in [3.63, 3.8) is 0 Å². The Morgan fingerprint density at radius 1 is 1.39 bits per heavy atom. The zero-order valence-corrected chi connectivity index (χ0v) is 13.4. The van der Waals surface area contributed by atoms with Gasteiger partial charge in [-0.1, -0.05) is 17.7 Å². The van der Waals surface area contributed by atoms with Crippen LogP contribution in [0.15, 0.2) is 36.5 Å². The van der Waals surface area contributed by atoms with Crippen molar-refractivity contribution in [2.75, 3.05) is 24.6 Å². The van der Waals surface area contributed by atoms with Gasteiger partial charge in [0.15, 0.2) is 5.78 Å². The minimum atomic E-state index is -0.368. The summed E-state index contributed by atoms with van der Waals surface area (Å²) in [7, 11) is 0. The van der Waals surface area contributed by atoms with Crippen LogP contribution in [0, 0.1) is 5.82 Å². The third-order valence-corrected chi connectivity index (χ3v) is 4.18. The van der Waals surface area contributed by atoms with Crippen LogP contribution in [0.2, 0.25) is 5.02 Å². The number of aromatic nitrogens is 1. The molecule has 1 aliphatic rings. The second-order valence-corrected chi connectivity index (χ2v) is 5.84. The van der Waals surface area contributed by atoms with Gasteiger partial charge < -0.3 is 9.64 Å². The number of ketones is 1. The first kappa shape index (κ1) is 15.9. The molecule has 1 aromatic heterocycles. The minimum absolute atomic E-state index is 0.0120. The molecule has 0 radical (unpaired) electrons. The van der Waals surface area contributed by atoms with E-state index in [0.29, 0.717) is 30.3 Å². The second kappa shape index (κ2) is 6.64. The molecule has 0 aliphatic carbocycles. The molecule has 1 saturated heterocycles. The number of carbonyl (C=O) groups excluding carboxylic acids is 1. The molecule has 0 spiro atoms. The molecule has 0 bridgehead atoms. The number of nitrogens with zero attached hydrogens (tertiary/aromatic N) is 2. The van der Waals surface area contributed by atoms with E-state index in [4.69, 9.17) is 16.3 Å². The summed E-state index contributed by atoms with van der Waals surface area (Å²) in [5.41, 5.74) is 1.35. The molecular weight excluding hydrogens is 319 g/mol. The molecular formula is C17H16ClFN2O2. The fourth-order valence-electron chi connectivity index (χ4n) is 2.59. The highest BCUT2D eigenvalue weighted by atomic mass is 35.5. The van der Waals surface area contributed by atoms with Gasteiger partial charge >= 0.3 is 0 Å². The monoisotopic (exact) mass is 334 g/mol. The minimum Gasteiger partial charge on any atom is -0.370 e. The molecule has 4 nitrogen and oxygen atoms in total. The number of rotatable bonds is 3. The van der Waals surface area contributed by atoms with Gasteiger partial charge in [-0.2, -0.15) is 0 Å². The number of halogens is 2. The van der Waals surface area contributed by atoms with Gasteiger partial charge in [0.2, 0.25) is 0 Å². The molecule has 0 saturated carbocycles. The molecule has 2 heterocycles. The van der Waals surface area contributed by atoms with Gasteiger partial charge in [-0.05, 0) is 31.2 Å². The molecule has 1 aromatic carbocycles. The highest BCUT2D eigenvalue weighted by Gasteiger charge is 2.24. The summed E-state index contributed by atoms with van der Waals surface area (Å²) in [6.45, 7) is 3.30. The van der Waals surface area contributed by atoms with Crippen molar-refractivity contribution in [2.45, 2.75) is 13.0 Å². The summed E-state index contributed by atoms with van der Waals surface area (Å²) >= 11 is 6.12. The Labute approximate surface area is 138 Å². The maximum absolute atomic E-state index is 13.2. The molecule has 3 rings (SSSR count). The molecule has 120 valence electrons. The van der Waals surface area contributed by atoms with Crippen molar-refractivity contribution in [1.29, 1.82) is 0 Å². The van der Waals surface area contributed by atoms with Crippen LogP contribution in [0.5, 0.6) is 0 Å². The molecule has 1 atom stereocenters. The van der Waals surface area contributed by atoms with Gasteiger partial charge in [-0.3, -0.25) is 4.79 Å². The highest BCUT2D eigenvalue weighted by Crippen LogP contribution is 2.30. The van der Waals surface area contributed by atoms with Crippen molar-refractivity contribution >= 4 is 23.2 Å². The van der Waals surface area contributed by atoms with E-state index in [0.717, 1.165) is 11.4 Å². The van der Waals surface area contributed by atoms with E-state index in [-0.39, 0.29) is 17.7 Å². The number of morpholine rings is 1. The van der Waals surface area contributed by atoms with Crippen LogP contribution in [0.25, 0.3) is 0 Å². The number of carbonyl (C=O) groups is 1. The molecule has 1 aliphatic heterocycles. The summed E-state index contributed by atoms with van der Waals surface area (Å²) in [5.74, 6) is 0.399. The molecule has 0 N–H and O–H groups in total. The Balaban J connectivity index is 1.79. The SMILES string of the molecule is CC(=O)c1ccc(N2CCO[C@@H](c3ccc(F)cc3Cl)C2)nc1. The third kappa shape index (κ3) is 3.51. The summed E-state index contributed by atoms with van der Waals surface area (Å²) in [6.07, 6.45) is 1.33. The van der Waals surface area contributed by atoms with Crippen LogP contribution >= 0.6 is 11.6 Å². The number of benzene rings is 1. The van der Waals surface area contributed by atoms with Crippen LogP contribution < -0.4 is 4.90 Å². The maximum atomic E-state index is 13.2. The number of hydrogen-bond donors (Lipinski definition) is 0. The number of ether oxygens (including phenoxy) is 1. The first-order chi connectivity index (χ1) is 11.0. The van der Waals surface area contributed by atoms with E-state index in [2.05, 4.69) is 9.88 Å². The van der Waals surface area contributed by atoms with E-state index in [1.54, 1.807) is 18.3 Å². The van der Waals surface area contributed by atoms with Crippen LogP contribution in [-0.2, 0) is 4.74 Å². The average molecular weight is 335 g/mol. The molecule has 0 unspecified atom stereocenters. The largest absolute Gasteiger partial charge is 0.370 e. The van der Waals surface area contributed by atoms with Gasteiger partial charge in [0.05, 0.1) is 6.61 Å². The Bertz CT molecular complexity index is 721. The standard InChI is InChI=1S/C17H16ClFN2O2/c1-11(22)12-2-5-17(20-9-12)21-6-7-23-16(10-21)14-4-3-13(19)8-15(14)18/h2-5,8-9,16H,6-7,10H2,1H3/t16-/m1/s1. The molecule has 23 heavy (non-hydrogen) atoms. The number of pyridine rings is 1. The molecule has 6 heteroatoms. The maximum Gasteiger partial charge on any atom is 0.161 e. The predicted octanol–water partition coefficient (Wildman–Crippen LogP) is 3.65. The molecule has 0 amide bonds. The fraction of sp³-hybridized carbons (Fsp3) is 0.294. The van der Waals surface area contributed by atoms with Gasteiger partial charge in [0, 0.05) is 35.4 Å². The quantitative estimate of drug-likeness (QED) is 0.803. The summed E-state index contributed by atoms with van der Waals surface area (Å²) in [6, 6.07) is 7.91. The van der Waals surface area contributed by atoms with Gasteiger partial charge in [-0.25, -0.2) is 9.37 Å². The smallest absolute Gasteiger partial charge is 0.161 e. The zero-order chi connectivity index (χ0) is 16.4. The van der Waals surface area contributed by atoms with E-state index in [1.807, 2.05) is 6.07 Å². The Hall–Kier alpha value is -1.98. The third-order valence-electron chi connectivity index (χ3n) is 3.85. The molecule has 1 fully saturated rings. The lowest BCUT2D eigenvalue weighted by Gasteiger charge is -2.34. The average Bonchev–Trinajstić information content (AvgIpc) is 2.55. The van der Waals surface area contributed by atoms with E-state index >= 15 is 0 Å². The van der Waals surface area contributed by atoms with Crippen LogP contribution in [0.3, 0.4) is 0 Å². The number of hydrogen-bond acceptors (Lipinski definition) is 4. The van der Waals surface area contributed by atoms with E-state index < -0.39 is 0 Å². The van der Waals surface area contributed by atoms with Crippen LogP contribution in [-0.4, -0.2) is 30.5 Å². The predicted molar refractivity (Wildman–Crippen MR) is 86.6 cm³/mol. The van der Waals surface area contributed by atoms with E-state index in [1.165, 1.54) is 19.1 Å². The first-order valence-corrected chi connectivity index (χ1v) is 7.71. The van der Waals surface area contributed by atoms with Crippen molar-refractivity contribution < 1.29 is 13.9 Å². The summed E-state index contributed by atoms with van der Waals surface area (Å²) in [4.78, 5) is 17.7. The van der Waals surface area contributed by atoms with Crippen molar-refractivity contribution in [3.05, 3.63) is 58.5 Å². The Kier molecular flexibility index (Phi) is 4.59. The van der Waals surface area contributed by atoms with Crippen LogP contribution in [0.4, 0.5) is 10.2 Å². The summed E-state index contributed by atoms with van der Waals surface area (Å²) < 4.78 is 19.0. The lowest BCUT2D eigenvalue weighted by atomic mass is 10.1. The van der Waals surface area contributed by atoms with Crippen LogP contribution in [0.1, 0.15) is 28.9 Å². The number of Topliss-reactive ketones (excluding diaryl/α,β-unsaturated/α-hetero) is 1. The second-order valence-electron chi connectivity index (χ2n) is 5.43. The lowest BCUT2D eigenvalue weighted by molar-refractivity contribution is 0.0395. The topological polar surface area (TPSA) is 42.4 Å². The lowest BCUT2D eigenvalue weighted by Crippen LogP contribution is -2.39. The summed E-state index contributed by atoms with van der Waals surface area (Å²) in [5, 5.41) is 0.358. The zero-order valence-electron chi connectivity index (χ0n) is 12.6. The first-order valence-electron chi connectivity index (χ1n) is 7.33. The van der Waals surface area contributed by atoms with Gasteiger partial charge in [-0.15, -0.1) is 0 Å². The Morgan fingerprint density at radius 2 is 2.22 bits per heavy atom. The van der Waals surface area contributed by atoms with Crippen molar-refractivity contribution in [1.82, 2.24) is 4.98 Å². The normalized spacial score (nSPS) is 18.0. The Morgan fingerprint density at radius 3 is 2.87 bits per heavy atom. The molecule has 2 aromatic rings. The number of anilines is 1. The van der Waals surface area contributed by atoms with Crippen molar-refractivity contribution in [2.24, 2.45) is 0 Å². The van der Waals surface area contributed by atoms with Crippen molar-refractivity contribution in [3.8, 4) is 0 Å².